The fraction of sp³-hybridized carbons (Fsp3) is 0.567. The van der Waals surface area contributed by atoms with Crippen molar-refractivity contribution < 1.29 is 9.53 Å². The standard InChI is InChI=1S/C30H44O2S/c1-22(2)21-26-12-14-27(15-13-26)25(5)29(31)32-20-8-9-23(3)18-19-30(6,7)33-28-16-10-24(4)11-17-28/h10-17,22-23,25H,8-9,18-21H2,1-7H3. The molecule has 0 radical (unpaired) electrons. The Bertz CT molecular complexity index is 837. The molecule has 3 heteroatoms. The van der Waals surface area contributed by atoms with Gasteiger partial charge in [0.25, 0.3) is 0 Å². The summed E-state index contributed by atoms with van der Waals surface area (Å²) in [7, 11) is 0. The van der Waals surface area contributed by atoms with Gasteiger partial charge in [0.2, 0.25) is 0 Å². The van der Waals surface area contributed by atoms with Crippen LogP contribution in [0.3, 0.4) is 0 Å². The van der Waals surface area contributed by atoms with Gasteiger partial charge in [-0.05, 0) is 81.0 Å². The lowest BCUT2D eigenvalue weighted by Crippen LogP contribution is -2.16. The normalized spacial score (nSPS) is 13.7. The summed E-state index contributed by atoms with van der Waals surface area (Å²) in [6.45, 7) is 16.0. The minimum Gasteiger partial charge on any atom is -0.465 e. The van der Waals surface area contributed by atoms with Crippen molar-refractivity contribution in [2.24, 2.45) is 11.8 Å². The molecule has 2 rings (SSSR count). The van der Waals surface area contributed by atoms with E-state index in [0.29, 0.717) is 18.4 Å². The first-order valence-electron chi connectivity index (χ1n) is 12.6. The third-order valence-corrected chi connectivity index (χ3v) is 7.48. The molecule has 0 aliphatic heterocycles. The highest BCUT2D eigenvalue weighted by atomic mass is 32.2. The Morgan fingerprint density at radius 3 is 2.18 bits per heavy atom. The second-order valence-electron chi connectivity index (χ2n) is 10.7. The van der Waals surface area contributed by atoms with Crippen molar-refractivity contribution in [3.8, 4) is 0 Å². The quantitative estimate of drug-likeness (QED) is 0.167. The molecule has 0 amide bonds. The molecule has 2 atom stereocenters. The van der Waals surface area contributed by atoms with Crippen molar-refractivity contribution in [3.63, 3.8) is 0 Å². The molecular formula is C30H44O2S. The van der Waals surface area contributed by atoms with E-state index in [9.17, 15) is 4.79 Å². The Kier molecular flexibility index (Phi) is 11.0. The van der Waals surface area contributed by atoms with Crippen LogP contribution >= 0.6 is 11.8 Å². The van der Waals surface area contributed by atoms with Crippen LogP contribution in [0, 0.1) is 18.8 Å². The summed E-state index contributed by atoms with van der Waals surface area (Å²) in [6.07, 6.45) is 5.46. The van der Waals surface area contributed by atoms with Gasteiger partial charge in [0.15, 0.2) is 0 Å². The Hall–Kier alpha value is -1.74. The first-order valence-corrected chi connectivity index (χ1v) is 13.4. The molecule has 2 unspecified atom stereocenters. The molecule has 33 heavy (non-hydrogen) atoms. The van der Waals surface area contributed by atoms with Gasteiger partial charge in [0.1, 0.15) is 0 Å². The van der Waals surface area contributed by atoms with Crippen molar-refractivity contribution >= 4 is 17.7 Å². The van der Waals surface area contributed by atoms with Crippen molar-refractivity contribution in [1.82, 2.24) is 0 Å². The first-order chi connectivity index (χ1) is 15.6. The zero-order chi connectivity index (χ0) is 24.4. The molecule has 0 saturated carbocycles. The second-order valence-corrected chi connectivity index (χ2v) is 12.5. The van der Waals surface area contributed by atoms with Gasteiger partial charge >= 0.3 is 5.97 Å². The summed E-state index contributed by atoms with van der Waals surface area (Å²) in [5, 5.41) is 0. The summed E-state index contributed by atoms with van der Waals surface area (Å²) < 4.78 is 5.81. The summed E-state index contributed by atoms with van der Waals surface area (Å²) >= 11 is 1.96. The van der Waals surface area contributed by atoms with E-state index in [2.05, 4.69) is 90.1 Å². The average Bonchev–Trinajstić information content (AvgIpc) is 2.76. The molecule has 0 heterocycles. The van der Waals surface area contributed by atoms with Gasteiger partial charge in [-0.2, -0.15) is 0 Å². The van der Waals surface area contributed by atoms with E-state index in [-0.39, 0.29) is 16.6 Å². The van der Waals surface area contributed by atoms with E-state index < -0.39 is 0 Å². The lowest BCUT2D eigenvalue weighted by Gasteiger charge is -2.26. The number of carbonyl (C=O) groups is 1. The molecule has 0 N–H and O–H groups in total. The summed E-state index contributed by atoms with van der Waals surface area (Å²) in [4.78, 5) is 13.8. The minimum atomic E-state index is -0.213. The molecule has 0 aromatic heterocycles. The van der Waals surface area contributed by atoms with E-state index in [1.165, 1.54) is 28.9 Å². The number of hydrogen-bond donors (Lipinski definition) is 0. The zero-order valence-electron chi connectivity index (χ0n) is 21.8. The van der Waals surface area contributed by atoms with Crippen LogP contribution in [-0.2, 0) is 16.0 Å². The number of aryl methyl sites for hydroxylation is 1. The Morgan fingerprint density at radius 1 is 0.939 bits per heavy atom. The largest absolute Gasteiger partial charge is 0.465 e. The monoisotopic (exact) mass is 468 g/mol. The van der Waals surface area contributed by atoms with Crippen molar-refractivity contribution in [2.45, 2.75) is 96.1 Å². The molecule has 0 spiro atoms. The lowest BCUT2D eigenvalue weighted by molar-refractivity contribution is -0.145. The van der Waals surface area contributed by atoms with E-state index in [1.54, 1.807) is 0 Å². The second kappa shape index (κ2) is 13.2. The van der Waals surface area contributed by atoms with Crippen molar-refractivity contribution in [3.05, 3.63) is 65.2 Å². The molecule has 0 saturated heterocycles. The van der Waals surface area contributed by atoms with Crippen LogP contribution < -0.4 is 0 Å². The van der Waals surface area contributed by atoms with Crippen LogP contribution in [0.4, 0.5) is 0 Å². The van der Waals surface area contributed by atoms with Crippen LogP contribution in [0.15, 0.2) is 53.4 Å². The molecule has 0 aliphatic rings. The highest BCUT2D eigenvalue weighted by molar-refractivity contribution is 8.00. The Labute approximate surface area is 206 Å². The molecule has 0 fully saturated rings. The van der Waals surface area contributed by atoms with Crippen LogP contribution in [0.1, 0.15) is 89.8 Å². The fourth-order valence-corrected chi connectivity index (χ4v) is 5.12. The van der Waals surface area contributed by atoms with Gasteiger partial charge in [-0.15, -0.1) is 11.8 Å². The summed E-state index contributed by atoms with van der Waals surface area (Å²) in [6, 6.07) is 17.2. The van der Waals surface area contributed by atoms with Crippen LogP contribution in [0.25, 0.3) is 0 Å². The van der Waals surface area contributed by atoms with Crippen LogP contribution in [0.5, 0.6) is 0 Å². The molecule has 0 aliphatic carbocycles. The number of carbonyl (C=O) groups excluding carboxylic acids is 1. The van der Waals surface area contributed by atoms with E-state index in [1.807, 2.05) is 18.7 Å². The maximum Gasteiger partial charge on any atom is 0.313 e. The van der Waals surface area contributed by atoms with Crippen LogP contribution in [0.2, 0.25) is 0 Å². The maximum atomic E-state index is 12.5. The number of thioether (sulfide) groups is 1. The summed E-state index contributed by atoms with van der Waals surface area (Å²) in [5.41, 5.74) is 3.67. The van der Waals surface area contributed by atoms with Gasteiger partial charge in [0, 0.05) is 9.64 Å². The molecular weight excluding hydrogens is 424 g/mol. The predicted molar refractivity (Wildman–Crippen MR) is 143 cm³/mol. The van der Waals surface area contributed by atoms with Crippen molar-refractivity contribution in [1.29, 1.82) is 0 Å². The zero-order valence-corrected chi connectivity index (χ0v) is 22.6. The molecule has 2 aromatic rings. The van der Waals surface area contributed by atoms with Crippen LogP contribution in [-0.4, -0.2) is 17.3 Å². The number of benzene rings is 2. The lowest BCUT2D eigenvalue weighted by atomic mass is 9.95. The SMILES string of the molecule is Cc1ccc(SC(C)(C)CCC(C)CCCOC(=O)C(C)c2ccc(CC(C)C)cc2)cc1. The number of ether oxygens (including phenoxy) is 1. The van der Waals surface area contributed by atoms with Gasteiger partial charge in [-0.25, -0.2) is 0 Å². The molecule has 182 valence electrons. The highest BCUT2D eigenvalue weighted by Crippen LogP contribution is 2.37. The minimum absolute atomic E-state index is 0.116. The van der Waals surface area contributed by atoms with Crippen molar-refractivity contribution in [2.75, 3.05) is 6.61 Å². The fourth-order valence-electron chi connectivity index (χ4n) is 3.99. The van der Waals surface area contributed by atoms with E-state index in [4.69, 9.17) is 4.74 Å². The number of rotatable bonds is 13. The van der Waals surface area contributed by atoms with Gasteiger partial charge < -0.3 is 4.74 Å². The third kappa shape index (κ3) is 10.4. The van der Waals surface area contributed by atoms with Gasteiger partial charge in [0.05, 0.1) is 12.5 Å². The average molecular weight is 469 g/mol. The number of esters is 1. The smallest absolute Gasteiger partial charge is 0.313 e. The van der Waals surface area contributed by atoms with Gasteiger partial charge in [-0.3, -0.25) is 4.79 Å². The predicted octanol–water partition coefficient (Wildman–Crippen LogP) is 8.61. The maximum absolute atomic E-state index is 12.5. The Morgan fingerprint density at radius 2 is 1.58 bits per heavy atom. The Balaban J connectivity index is 1.66. The van der Waals surface area contributed by atoms with E-state index >= 15 is 0 Å². The third-order valence-electron chi connectivity index (χ3n) is 6.22. The van der Waals surface area contributed by atoms with Gasteiger partial charge in [-0.1, -0.05) is 76.6 Å². The van der Waals surface area contributed by atoms with E-state index in [0.717, 1.165) is 24.8 Å². The molecule has 2 nitrogen and oxygen atoms in total. The summed E-state index contributed by atoms with van der Waals surface area (Å²) in [5.74, 6) is 0.941. The highest BCUT2D eigenvalue weighted by Gasteiger charge is 2.21. The number of hydrogen-bond acceptors (Lipinski definition) is 3. The molecule has 0 bridgehead atoms. The first kappa shape index (κ1) is 27.5. The molecule has 2 aromatic carbocycles. The topological polar surface area (TPSA) is 26.3 Å².